The molecule has 0 aliphatic carbocycles. The third-order valence-corrected chi connectivity index (χ3v) is 5.25. The van der Waals surface area contributed by atoms with Gasteiger partial charge in [0.05, 0.1) is 30.4 Å². The largest absolute Gasteiger partial charge is 0.497 e. The van der Waals surface area contributed by atoms with Gasteiger partial charge in [0.1, 0.15) is 5.75 Å². The standard InChI is InChI=1S/C18H14BrNO4S/c1-23-11-4-6-14(19)13(9-11)18(22)20-10-12-5-7-16(25-12)17(21)15-3-2-8-24-15/h2-9H,10H2,1H3,(H,20,22). The maximum atomic E-state index is 12.4. The molecule has 128 valence electrons. The number of halogens is 1. The summed E-state index contributed by atoms with van der Waals surface area (Å²) in [4.78, 5) is 26.0. The van der Waals surface area contributed by atoms with Crippen molar-refractivity contribution in [2.45, 2.75) is 6.54 Å². The van der Waals surface area contributed by atoms with Gasteiger partial charge in [0.25, 0.3) is 5.91 Å². The van der Waals surface area contributed by atoms with Gasteiger partial charge in [0.2, 0.25) is 5.78 Å². The number of carbonyl (C=O) groups is 2. The molecule has 3 aromatic rings. The van der Waals surface area contributed by atoms with E-state index in [-0.39, 0.29) is 11.7 Å². The molecule has 7 heteroatoms. The molecule has 2 heterocycles. The molecule has 0 spiro atoms. The van der Waals surface area contributed by atoms with Gasteiger partial charge in [0, 0.05) is 9.35 Å². The lowest BCUT2D eigenvalue weighted by atomic mass is 10.2. The average Bonchev–Trinajstić information content (AvgIpc) is 3.31. The van der Waals surface area contributed by atoms with E-state index in [0.29, 0.717) is 33.0 Å². The summed E-state index contributed by atoms with van der Waals surface area (Å²) in [6.45, 7) is 0.332. The smallest absolute Gasteiger partial charge is 0.252 e. The average molecular weight is 420 g/mol. The lowest BCUT2D eigenvalue weighted by Crippen LogP contribution is -2.22. The summed E-state index contributed by atoms with van der Waals surface area (Å²) in [7, 11) is 1.55. The van der Waals surface area contributed by atoms with E-state index in [1.54, 1.807) is 43.5 Å². The molecule has 1 amide bonds. The minimum Gasteiger partial charge on any atom is -0.497 e. The number of hydrogen-bond acceptors (Lipinski definition) is 5. The molecule has 0 radical (unpaired) electrons. The minimum absolute atomic E-state index is 0.164. The fourth-order valence-corrected chi connectivity index (χ4v) is 3.51. The van der Waals surface area contributed by atoms with Crippen LogP contribution in [0.1, 0.15) is 30.7 Å². The van der Waals surface area contributed by atoms with E-state index >= 15 is 0 Å². The van der Waals surface area contributed by atoms with E-state index in [1.807, 2.05) is 6.07 Å². The van der Waals surface area contributed by atoms with Gasteiger partial charge in [-0.15, -0.1) is 11.3 Å². The molecule has 0 aliphatic heterocycles. The minimum atomic E-state index is -0.224. The number of rotatable bonds is 6. The van der Waals surface area contributed by atoms with E-state index in [4.69, 9.17) is 9.15 Å². The zero-order valence-corrected chi connectivity index (χ0v) is 15.6. The molecule has 3 rings (SSSR count). The van der Waals surface area contributed by atoms with E-state index < -0.39 is 0 Å². The highest BCUT2D eigenvalue weighted by Gasteiger charge is 2.15. The molecule has 1 N–H and O–H groups in total. The van der Waals surface area contributed by atoms with Crippen LogP contribution < -0.4 is 10.1 Å². The monoisotopic (exact) mass is 419 g/mol. The van der Waals surface area contributed by atoms with Crippen LogP contribution in [0.3, 0.4) is 0 Å². The van der Waals surface area contributed by atoms with Crippen molar-refractivity contribution in [1.82, 2.24) is 5.32 Å². The Morgan fingerprint density at radius 2 is 2.08 bits per heavy atom. The summed E-state index contributed by atoms with van der Waals surface area (Å²) in [6.07, 6.45) is 1.47. The van der Waals surface area contributed by atoms with Crippen LogP contribution in [-0.4, -0.2) is 18.8 Å². The Hall–Kier alpha value is -2.38. The van der Waals surface area contributed by atoms with Crippen molar-refractivity contribution in [3.8, 4) is 5.75 Å². The Labute approximate surface area is 156 Å². The van der Waals surface area contributed by atoms with E-state index in [9.17, 15) is 9.59 Å². The number of nitrogens with one attached hydrogen (secondary N) is 1. The third kappa shape index (κ3) is 4.00. The number of benzene rings is 1. The second kappa shape index (κ2) is 7.67. The van der Waals surface area contributed by atoms with Gasteiger partial charge < -0.3 is 14.5 Å². The normalized spacial score (nSPS) is 10.5. The Balaban J connectivity index is 1.66. The quantitative estimate of drug-likeness (QED) is 0.605. The van der Waals surface area contributed by atoms with E-state index in [0.717, 1.165) is 4.88 Å². The number of methoxy groups -OCH3 is 1. The molecule has 5 nitrogen and oxygen atoms in total. The van der Waals surface area contributed by atoms with Crippen molar-refractivity contribution in [2.75, 3.05) is 7.11 Å². The Bertz CT molecular complexity index is 902. The lowest BCUT2D eigenvalue weighted by Gasteiger charge is -2.08. The molecular formula is C18H14BrNO4S. The number of amides is 1. The zero-order chi connectivity index (χ0) is 17.8. The van der Waals surface area contributed by atoms with Crippen LogP contribution in [-0.2, 0) is 6.54 Å². The number of ether oxygens (including phenoxy) is 1. The predicted molar refractivity (Wildman–Crippen MR) is 98.3 cm³/mol. The highest BCUT2D eigenvalue weighted by molar-refractivity contribution is 9.10. The van der Waals surface area contributed by atoms with Crippen LogP contribution in [0.15, 0.2) is 57.6 Å². The highest BCUT2D eigenvalue weighted by Crippen LogP contribution is 2.23. The second-order valence-corrected chi connectivity index (χ2v) is 7.12. The summed E-state index contributed by atoms with van der Waals surface area (Å²) in [5, 5.41) is 2.85. The van der Waals surface area contributed by atoms with Crippen molar-refractivity contribution in [1.29, 1.82) is 0 Å². The Morgan fingerprint density at radius 3 is 2.80 bits per heavy atom. The number of furan rings is 1. The van der Waals surface area contributed by atoms with Gasteiger partial charge in [-0.1, -0.05) is 0 Å². The summed E-state index contributed by atoms with van der Waals surface area (Å²) in [5.41, 5.74) is 0.489. The maximum absolute atomic E-state index is 12.4. The number of hydrogen-bond donors (Lipinski definition) is 1. The van der Waals surface area contributed by atoms with Crippen molar-refractivity contribution in [3.63, 3.8) is 0 Å². The van der Waals surface area contributed by atoms with E-state index in [2.05, 4.69) is 21.2 Å². The van der Waals surface area contributed by atoms with Crippen LogP contribution in [0, 0.1) is 0 Å². The fourth-order valence-electron chi connectivity index (χ4n) is 2.19. The van der Waals surface area contributed by atoms with Crippen LogP contribution in [0.5, 0.6) is 5.75 Å². The van der Waals surface area contributed by atoms with Gasteiger partial charge in [-0.25, -0.2) is 0 Å². The molecule has 25 heavy (non-hydrogen) atoms. The molecule has 0 atom stereocenters. The number of ketones is 1. The van der Waals surface area contributed by atoms with Crippen LogP contribution in [0.4, 0.5) is 0 Å². The van der Waals surface area contributed by atoms with Crippen molar-refractivity contribution in [3.05, 3.63) is 74.3 Å². The lowest BCUT2D eigenvalue weighted by molar-refractivity contribution is 0.0949. The topological polar surface area (TPSA) is 68.5 Å². The Morgan fingerprint density at radius 1 is 1.24 bits per heavy atom. The summed E-state index contributed by atoms with van der Waals surface area (Å²) in [5.74, 6) is 0.523. The van der Waals surface area contributed by atoms with Crippen molar-refractivity contribution in [2.24, 2.45) is 0 Å². The first-order valence-corrected chi connectivity index (χ1v) is 8.98. The van der Waals surface area contributed by atoms with Gasteiger partial charge >= 0.3 is 0 Å². The molecule has 1 aromatic carbocycles. The summed E-state index contributed by atoms with van der Waals surface area (Å²) in [6, 6.07) is 12.1. The fraction of sp³-hybridized carbons (Fsp3) is 0.111. The molecule has 2 aromatic heterocycles. The number of thiophene rings is 1. The van der Waals surface area contributed by atoms with Gasteiger partial charge in [-0.05, 0) is 58.4 Å². The van der Waals surface area contributed by atoms with Crippen LogP contribution in [0.25, 0.3) is 0 Å². The van der Waals surface area contributed by atoms with Gasteiger partial charge in [-0.3, -0.25) is 9.59 Å². The molecule has 0 bridgehead atoms. The third-order valence-electron chi connectivity index (χ3n) is 3.47. The van der Waals surface area contributed by atoms with Gasteiger partial charge in [-0.2, -0.15) is 0 Å². The second-order valence-electron chi connectivity index (χ2n) is 5.10. The first kappa shape index (κ1) is 17.4. The summed E-state index contributed by atoms with van der Waals surface area (Å²) < 4.78 is 10.9. The molecule has 0 fully saturated rings. The first-order valence-electron chi connectivity index (χ1n) is 7.37. The zero-order valence-electron chi connectivity index (χ0n) is 13.2. The number of carbonyl (C=O) groups excluding carboxylic acids is 2. The molecule has 0 saturated heterocycles. The van der Waals surface area contributed by atoms with Gasteiger partial charge in [0.15, 0.2) is 5.76 Å². The summed E-state index contributed by atoms with van der Waals surface area (Å²) >= 11 is 4.69. The van der Waals surface area contributed by atoms with Crippen LogP contribution >= 0.6 is 27.3 Å². The maximum Gasteiger partial charge on any atom is 0.252 e. The first-order chi connectivity index (χ1) is 12.1. The highest BCUT2D eigenvalue weighted by atomic mass is 79.9. The molecular weight excluding hydrogens is 406 g/mol. The van der Waals surface area contributed by atoms with Crippen molar-refractivity contribution >= 4 is 39.0 Å². The SMILES string of the molecule is COc1ccc(Br)c(C(=O)NCc2ccc(C(=O)c3ccco3)s2)c1. The van der Waals surface area contributed by atoms with Crippen LogP contribution in [0.2, 0.25) is 0 Å². The predicted octanol–water partition coefficient (Wildman–Crippen LogP) is 4.27. The van der Waals surface area contributed by atoms with Crippen molar-refractivity contribution < 1.29 is 18.7 Å². The molecule has 0 aliphatic rings. The molecule has 0 saturated carbocycles. The Kier molecular flexibility index (Phi) is 5.35. The van der Waals surface area contributed by atoms with E-state index in [1.165, 1.54) is 17.6 Å². The molecule has 0 unspecified atom stereocenters.